The largest absolute Gasteiger partial charge is 0.396 e. The van der Waals surface area contributed by atoms with Crippen LogP contribution in [-0.4, -0.2) is 15.7 Å². The van der Waals surface area contributed by atoms with E-state index in [2.05, 4.69) is 10.4 Å². The number of carbonyl (C=O) groups is 1. The molecule has 1 heterocycles. The second-order valence-electron chi connectivity index (χ2n) is 4.11. The molecule has 1 aromatic carbocycles. The molecule has 1 aromatic heterocycles. The van der Waals surface area contributed by atoms with E-state index < -0.39 is 0 Å². The lowest BCUT2D eigenvalue weighted by Gasteiger charge is -2.07. The van der Waals surface area contributed by atoms with Crippen LogP contribution >= 0.6 is 0 Å². The minimum atomic E-state index is -0.0787. The first-order chi connectivity index (χ1) is 8.66. The fraction of sp³-hybridized carbons (Fsp3) is 0.231. The summed E-state index contributed by atoms with van der Waals surface area (Å²) < 4.78 is 1.59. The number of nitrogen functional groups attached to an aromatic ring is 1. The molecule has 18 heavy (non-hydrogen) atoms. The molecule has 5 heteroatoms. The first kappa shape index (κ1) is 12.2. The lowest BCUT2D eigenvalue weighted by Crippen LogP contribution is -2.27. The highest BCUT2D eigenvalue weighted by Crippen LogP contribution is 2.07. The quantitative estimate of drug-likeness (QED) is 0.845. The minimum absolute atomic E-state index is 0.0787. The van der Waals surface area contributed by atoms with E-state index in [-0.39, 0.29) is 12.5 Å². The van der Waals surface area contributed by atoms with Gasteiger partial charge in [-0.05, 0) is 12.5 Å². The van der Waals surface area contributed by atoms with Gasteiger partial charge in [-0.3, -0.25) is 9.48 Å². The lowest BCUT2D eigenvalue weighted by atomic mass is 10.2. The third kappa shape index (κ3) is 2.88. The van der Waals surface area contributed by atoms with Crippen LogP contribution in [0.15, 0.2) is 36.5 Å². The van der Waals surface area contributed by atoms with Crippen molar-refractivity contribution in [2.24, 2.45) is 0 Å². The number of carbonyl (C=O) groups excluding carboxylic acids is 1. The summed E-state index contributed by atoms with van der Waals surface area (Å²) in [6, 6.07) is 9.77. The number of aromatic nitrogens is 2. The maximum atomic E-state index is 11.7. The summed E-state index contributed by atoms with van der Waals surface area (Å²) >= 11 is 0. The fourth-order valence-electron chi connectivity index (χ4n) is 1.61. The molecule has 2 aromatic rings. The van der Waals surface area contributed by atoms with Crippen LogP contribution in [0.4, 0.5) is 5.69 Å². The van der Waals surface area contributed by atoms with Crippen LogP contribution in [0.25, 0.3) is 0 Å². The Bertz CT molecular complexity index is 533. The molecule has 0 radical (unpaired) electrons. The molecule has 2 rings (SSSR count). The Kier molecular flexibility index (Phi) is 3.62. The van der Waals surface area contributed by atoms with Crippen molar-refractivity contribution in [3.63, 3.8) is 0 Å². The van der Waals surface area contributed by atoms with Crippen LogP contribution in [0.3, 0.4) is 0 Å². The molecule has 0 aliphatic heterocycles. The third-order valence-corrected chi connectivity index (χ3v) is 2.77. The molecule has 5 nitrogen and oxygen atoms in total. The van der Waals surface area contributed by atoms with Gasteiger partial charge in [-0.2, -0.15) is 5.10 Å². The normalized spacial score (nSPS) is 10.3. The number of nitrogens with zero attached hydrogens (tertiary/aromatic N) is 2. The van der Waals surface area contributed by atoms with E-state index in [1.165, 1.54) is 0 Å². The molecule has 0 saturated carbocycles. The zero-order chi connectivity index (χ0) is 13.0. The molecule has 0 bridgehead atoms. The average Bonchev–Trinajstić information content (AvgIpc) is 2.70. The summed E-state index contributed by atoms with van der Waals surface area (Å²) in [5, 5.41) is 6.88. The van der Waals surface area contributed by atoms with E-state index in [9.17, 15) is 4.79 Å². The van der Waals surface area contributed by atoms with E-state index in [0.29, 0.717) is 12.2 Å². The predicted molar refractivity (Wildman–Crippen MR) is 69.7 cm³/mol. The van der Waals surface area contributed by atoms with Crippen molar-refractivity contribution in [2.75, 3.05) is 5.73 Å². The van der Waals surface area contributed by atoms with Crippen LogP contribution in [0.2, 0.25) is 0 Å². The van der Waals surface area contributed by atoms with Gasteiger partial charge in [-0.15, -0.1) is 0 Å². The second kappa shape index (κ2) is 5.35. The molecule has 0 spiro atoms. The van der Waals surface area contributed by atoms with Crippen LogP contribution in [0.1, 0.15) is 11.3 Å². The molecule has 0 saturated heterocycles. The Balaban J connectivity index is 1.88. The summed E-state index contributed by atoms with van der Waals surface area (Å²) in [5.41, 5.74) is 8.15. The van der Waals surface area contributed by atoms with Crippen LogP contribution in [0.5, 0.6) is 0 Å². The number of hydrogen-bond donors (Lipinski definition) is 2. The predicted octanol–water partition coefficient (Wildman–Crippen LogP) is 1.09. The van der Waals surface area contributed by atoms with Crippen molar-refractivity contribution in [1.29, 1.82) is 0 Å². The molecular weight excluding hydrogens is 228 g/mol. The van der Waals surface area contributed by atoms with Gasteiger partial charge in [0.1, 0.15) is 6.54 Å². The molecule has 94 valence electrons. The first-order valence-corrected chi connectivity index (χ1v) is 5.75. The smallest absolute Gasteiger partial charge is 0.242 e. The Morgan fingerprint density at radius 1 is 1.39 bits per heavy atom. The monoisotopic (exact) mass is 244 g/mol. The van der Waals surface area contributed by atoms with Gasteiger partial charge in [-0.25, -0.2) is 0 Å². The molecule has 1 amide bonds. The van der Waals surface area contributed by atoms with Gasteiger partial charge < -0.3 is 11.1 Å². The zero-order valence-corrected chi connectivity index (χ0v) is 10.3. The van der Waals surface area contributed by atoms with Gasteiger partial charge in [0.2, 0.25) is 5.91 Å². The highest BCUT2D eigenvalue weighted by Gasteiger charge is 2.07. The van der Waals surface area contributed by atoms with Crippen molar-refractivity contribution < 1.29 is 4.79 Å². The Morgan fingerprint density at radius 2 is 2.11 bits per heavy atom. The summed E-state index contributed by atoms with van der Waals surface area (Å²) in [5.74, 6) is -0.0787. The van der Waals surface area contributed by atoms with Crippen molar-refractivity contribution in [2.45, 2.75) is 20.0 Å². The van der Waals surface area contributed by atoms with E-state index in [1.54, 1.807) is 10.9 Å². The van der Waals surface area contributed by atoms with Gasteiger partial charge in [0.05, 0.1) is 17.6 Å². The van der Waals surface area contributed by atoms with Gasteiger partial charge in [0, 0.05) is 6.54 Å². The van der Waals surface area contributed by atoms with Crippen molar-refractivity contribution >= 4 is 11.6 Å². The van der Waals surface area contributed by atoms with Gasteiger partial charge in [0.25, 0.3) is 0 Å². The number of nitrogens with two attached hydrogens (primary N) is 1. The van der Waals surface area contributed by atoms with E-state index in [1.807, 2.05) is 37.3 Å². The van der Waals surface area contributed by atoms with E-state index in [4.69, 9.17) is 5.73 Å². The lowest BCUT2D eigenvalue weighted by molar-refractivity contribution is -0.122. The van der Waals surface area contributed by atoms with Crippen LogP contribution in [-0.2, 0) is 17.9 Å². The number of amides is 1. The van der Waals surface area contributed by atoms with Gasteiger partial charge in [0.15, 0.2) is 0 Å². The highest BCUT2D eigenvalue weighted by molar-refractivity contribution is 5.75. The van der Waals surface area contributed by atoms with E-state index in [0.717, 1.165) is 11.3 Å². The molecule has 3 N–H and O–H groups in total. The summed E-state index contributed by atoms with van der Waals surface area (Å²) in [6.07, 6.45) is 1.56. The maximum absolute atomic E-state index is 11.7. The number of nitrogens with one attached hydrogen (secondary N) is 1. The Morgan fingerprint density at radius 3 is 2.72 bits per heavy atom. The van der Waals surface area contributed by atoms with Crippen LogP contribution < -0.4 is 11.1 Å². The number of rotatable bonds is 4. The van der Waals surface area contributed by atoms with Gasteiger partial charge >= 0.3 is 0 Å². The average molecular weight is 244 g/mol. The number of anilines is 1. The molecule has 0 aliphatic rings. The van der Waals surface area contributed by atoms with Crippen LogP contribution in [0, 0.1) is 6.92 Å². The van der Waals surface area contributed by atoms with Crippen molar-refractivity contribution in [3.05, 3.63) is 47.8 Å². The molecule has 0 atom stereocenters. The van der Waals surface area contributed by atoms with Gasteiger partial charge in [-0.1, -0.05) is 30.3 Å². The van der Waals surface area contributed by atoms with Crippen molar-refractivity contribution in [1.82, 2.24) is 15.1 Å². The highest BCUT2D eigenvalue weighted by atomic mass is 16.2. The van der Waals surface area contributed by atoms with E-state index >= 15 is 0 Å². The number of hydrogen-bond acceptors (Lipinski definition) is 3. The maximum Gasteiger partial charge on any atom is 0.242 e. The first-order valence-electron chi connectivity index (χ1n) is 5.75. The topological polar surface area (TPSA) is 72.9 Å². The SMILES string of the molecule is Cc1c(N)cnn1CC(=O)NCc1ccccc1. The summed E-state index contributed by atoms with van der Waals surface area (Å²) in [4.78, 5) is 11.7. The fourth-order valence-corrected chi connectivity index (χ4v) is 1.61. The third-order valence-electron chi connectivity index (χ3n) is 2.77. The van der Waals surface area contributed by atoms with Crippen molar-refractivity contribution in [3.8, 4) is 0 Å². The summed E-state index contributed by atoms with van der Waals surface area (Å²) in [6.45, 7) is 2.55. The molecule has 0 aliphatic carbocycles. The number of benzene rings is 1. The Labute approximate surface area is 106 Å². The standard InChI is InChI=1S/C13H16N4O/c1-10-12(14)8-16-17(10)9-13(18)15-7-11-5-3-2-4-6-11/h2-6,8H,7,9,14H2,1H3,(H,15,18). The minimum Gasteiger partial charge on any atom is -0.396 e. The second-order valence-corrected chi connectivity index (χ2v) is 4.11. The molecule has 0 fully saturated rings. The Hall–Kier alpha value is -2.30. The zero-order valence-electron chi connectivity index (χ0n) is 10.3. The molecular formula is C13H16N4O. The summed E-state index contributed by atoms with van der Waals surface area (Å²) in [7, 11) is 0. The molecule has 0 unspecified atom stereocenters.